The predicted molar refractivity (Wildman–Crippen MR) is 131 cm³/mol. The van der Waals surface area contributed by atoms with Crippen LogP contribution in [0.25, 0.3) is 0 Å². The molecule has 1 fully saturated rings. The summed E-state index contributed by atoms with van der Waals surface area (Å²) in [6, 6.07) is 11.1. The molecule has 0 aliphatic carbocycles. The first kappa shape index (κ1) is 26.3. The molecule has 190 valence electrons. The second kappa shape index (κ2) is 11.9. The summed E-state index contributed by atoms with van der Waals surface area (Å²) < 4.78 is 44.2. The Kier molecular flexibility index (Phi) is 8.97. The summed E-state index contributed by atoms with van der Waals surface area (Å²) in [5.41, 5.74) is 1.01. The van der Waals surface area contributed by atoms with Crippen LogP contribution in [0.4, 0.5) is 5.69 Å². The Morgan fingerprint density at radius 3 is 2.29 bits per heavy atom. The van der Waals surface area contributed by atoms with E-state index >= 15 is 0 Å². The van der Waals surface area contributed by atoms with Crippen LogP contribution < -0.4 is 14.2 Å². The molecule has 0 saturated carbocycles. The molecule has 0 spiro atoms. The molecule has 0 atom stereocenters. The molecule has 1 N–H and O–H groups in total. The lowest BCUT2D eigenvalue weighted by Gasteiger charge is -2.30. The number of carbonyl (C=O) groups excluding carboxylic acids is 2. The topological polar surface area (TPSA) is 111 Å². The molecule has 35 heavy (non-hydrogen) atoms. The van der Waals surface area contributed by atoms with Crippen LogP contribution in [0.15, 0.2) is 47.4 Å². The summed E-state index contributed by atoms with van der Waals surface area (Å²) >= 11 is 0. The average Bonchev–Trinajstić information content (AvgIpc) is 2.84. The Morgan fingerprint density at radius 1 is 1.00 bits per heavy atom. The molecule has 1 heterocycles. The predicted octanol–water partition coefficient (Wildman–Crippen LogP) is 3.38. The Labute approximate surface area is 206 Å². The number of esters is 1. The van der Waals surface area contributed by atoms with Crippen molar-refractivity contribution >= 4 is 27.6 Å². The van der Waals surface area contributed by atoms with E-state index in [0.29, 0.717) is 61.9 Å². The van der Waals surface area contributed by atoms with Gasteiger partial charge in [-0.1, -0.05) is 0 Å². The number of hydrogen-bond acceptors (Lipinski definition) is 7. The van der Waals surface area contributed by atoms with Crippen molar-refractivity contribution in [3.05, 3.63) is 48.0 Å². The summed E-state index contributed by atoms with van der Waals surface area (Å²) in [5.74, 6) is 0.525. The number of likely N-dealkylation sites (tertiary alicyclic amines) is 1. The quantitative estimate of drug-likeness (QED) is 0.494. The second-order valence-electron chi connectivity index (χ2n) is 8.19. The van der Waals surface area contributed by atoms with Crippen molar-refractivity contribution in [2.24, 2.45) is 5.92 Å². The Hall–Kier alpha value is -3.27. The maximum Gasteiger partial charge on any atom is 0.309 e. The van der Waals surface area contributed by atoms with Gasteiger partial charge in [-0.05, 0) is 81.6 Å². The van der Waals surface area contributed by atoms with Gasteiger partial charge in [0.25, 0.3) is 15.9 Å². The Balaban J connectivity index is 1.55. The van der Waals surface area contributed by atoms with Crippen molar-refractivity contribution in [2.45, 2.75) is 38.5 Å². The minimum atomic E-state index is -3.80. The van der Waals surface area contributed by atoms with Crippen molar-refractivity contribution < 1.29 is 32.2 Å². The van der Waals surface area contributed by atoms with Crippen LogP contribution in [0.2, 0.25) is 0 Å². The summed E-state index contributed by atoms with van der Waals surface area (Å²) in [5, 5.41) is 0. The van der Waals surface area contributed by atoms with Crippen LogP contribution in [0.3, 0.4) is 0 Å². The number of rotatable bonds is 10. The zero-order valence-electron chi connectivity index (χ0n) is 20.3. The normalized spacial score (nSPS) is 14.3. The SMILES string of the molecule is CCOC(=O)C1CCN(C(=O)COc2ccc(S(=O)(=O)Nc3ccc(OCC)cc3)cc2C)CC1. The zero-order valence-corrected chi connectivity index (χ0v) is 21.1. The molecule has 1 amide bonds. The molecule has 1 saturated heterocycles. The number of benzene rings is 2. The fourth-order valence-electron chi connectivity index (χ4n) is 3.81. The lowest BCUT2D eigenvalue weighted by molar-refractivity contribution is -0.151. The third-order valence-electron chi connectivity index (χ3n) is 5.69. The maximum atomic E-state index is 12.8. The number of nitrogens with zero attached hydrogens (tertiary/aromatic N) is 1. The number of amides is 1. The van der Waals surface area contributed by atoms with Gasteiger partial charge in [-0.25, -0.2) is 8.42 Å². The minimum Gasteiger partial charge on any atom is -0.494 e. The molecular formula is C25H32N2O7S. The van der Waals surface area contributed by atoms with E-state index in [1.54, 1.807) is 49.1 Å². The molecule has 0 radical (unpaired) electrons. The van der Waals surface area contributed by atoms with Crippen LogP contribution in [0, 0.1) is 12.8 Å². The van der Waals surface area contributed by atoms with E-state index in [1.165, 1.54) is 12.1 Å². The molecule has 9 nitrogen and oxygen atoms in total. The molecule has 2 aromatic rings. The van der Waals surface area contributed by atoms with Gasteiger partial charge in [0, 0.05) is 18.8 Å². The van der Waals surface area contributed by atoms with Crippen molar-refractivity contribution in [3.63, 3.8) is 0 Å². The highest BCUT2D eigenvalue weighted by Crippen LogP contribution is 2.25. The number of carbonyl (C=O) groups is 2. The number of anilines is 1. The van der Waals surface area contributed by atoms with Crippen LogP contribution >= 0.6 is 0 Å². The van der Waals surface area contributed by atoms with Gasteiger partial charge in [0.1, 0.15) is 11.5 Å². The Morgan fingerprint density at radius 2 is 1.69 bits per heavy atom. The van der Waals surface area contributed by atoms with E-state index in [0.717, 1.165) is 0 Å². The Bertz CT molecular complexity index is 1130. The van der Waals surface area contributed by atoms with E-state index in [4.69, 9.17) is 14.2 Å². The first-order valence-corrected chi connectivity index (χ1v) is 13.1. The largest absolute Gasteiger partial charge is 0.494 e. The van der Waals surface area contributed by atoms with E-state index in [9.17, 15) is 18.0 Å². The monoisotopic (exact) mass is 504 g/mol. The van der Waals surface area contributed by atoms with E-state index < -0.39 is 10.0 Å². The van der Waals surface area contributed by atoms with Crippen LogP contribution in [0.1, 0.15) is 32.3 Å². The fraction of sp³-hybridized carbons (Fsp3) is 0.440. The number of ether oxygens (including phenoxy) is 3. The van der Waals surface area contributed by atoms with Crippen LogP contribution in [-0.2, 0) is 24.3 Å². The molecule has 1 aliphatic heterocycles. The average molecular weight is 505 g/mol. The zero-order chi connectivity index (χ0) is 25.4. The summed E-state index contributed by atoms with van der Waals surface area (Å²) in [6.45, 7) is 7.02. The van der Waals surface area contributed by atoms with Gasteiger partial charge in [0.05, 0.1) is 24.0 Å². The lowest BCUT2D eigenvalue weighted by atomic mass is 9.97. The van der Waals surface area contributed by atoms with Gasteiger partial charge in [-0.2, -0.15) is 0 Å². The molecule has 3 rings (SSSR count). The highest BCUT2D eigenvalue weighted by molar-refractivity contribution is 7.92. The highest BCUT2D eigenvalue weighted by atomic mass is 32.2. The van der Waals surface area contributed by atoms with Crippen molar-refractivity contribution in [3.8, 4) is 11.5 Å². The van der Waals surface area contributed by atoms with Crippen molar-refractivity contribution in [1.82, 2.24) is 4.90 Å². The standard InChI is InChI=1S/C25H32N2O7S/c1-4-32-21-8-6-20(7-9-21)26-35(30,31)22-10-11-23(18(3)16-22)34-17-24(28)27-14-12-19(13-15-27)25(29)33-5-2/h6-11,16,19,26H,4-5,12-15,17H2,1-3H3. The van der Waals surface area contributed by atoms with Gasteiger partial charge in [-0.3, -0.25) is 14.3 Å². The van der Waals surface area contributed by atoms with Gasteiger partial charge in [0.15, 0.2) is 6.61 Å². The molecule has 1 aliphatic rings. The molecule has 0 unspecified atom stereocenters. The smallest absolute Gasteiger partial charge is 0.309 e. The third kappa shape index (κ3) is 7.11. The highest BCUT2D eigenvalue weighted by Gasteiger charge is 2.28. The number of hydrogen-bond donors (Lipinski definition) is 1. The molecular weight excluding hydrogens is 472 g/mol. The summed E-state index contributed by atoms with van der Waals surface area (Å²) in [7, 11) is -3.80. The third-order valence-corrected chi connectivity index (χ3v) is 7.07. The van der Waals surface area contributed by atoms with Crippen LogP contribution in [-0.4, -0.2) is 58.1 Å². The van der Waals surface area contributed by atoms with E-state index in [1.807, 2.05) is 6.92 Å². The minimum absolute atomic E-state index is 0.0867. The first-order chi connectivity index (χ1) is 16.7. The van der Waals surface area contributed by atoms with Gasteiger partial charge >= 0.3 is 5.97 Å². The first-order valence-electron chi connectivity index (χ1n) is 11.7. The van der Waals surface area contributed by atoms with Gasteiger partial charge in [0.2, 0.25) is 0 Å². The molecule has 0 aromatic heterocycles. The van der Waals surface area contributed by atoms with E-state index in [2.05, 4.69) is 4.72 Å². The van der Waals surface area contributed by atoms with Crippen molar-refractivity contribution in [1.29, 1.82) is 0 Å². The maximum absolute atomic E-state index is 12.8. The van der Waals surface area contributed by atoms with Gasteiger partial charge < -0.3 is 19.1 Å². The van der Waals surface area contributed by atoms with Crippen molar-refractivity contribution in [2.75, 3.05) is 37.6 Å². The second-order valence-corrected chi connectivity index (χ2v) is 9.87. The fourth-order valence-corrected chi connectivity index (χ4v) is 4.95. The molecule has 10 heteroatoms. The lowest BCUT2D eigenvalue weighted by Crippen LogP contribution is -2.42. The van der Waals surface area contributed by atoms with E-state index in [-0.39, 0.29) is 29.3 Å². The molecule has 0 bridgehead atoms. The van der Waals surface area contributed by atoms with Crippen LogP contribution in [0.5, 0.6) is 11.5 Å². The van der Waals surface area contributed by atoms with Gasteiger partial charge in [-0.15, -0.1) is 0 Å². The number of piperidine rings is 1. The summed E-state index contributed by atoms with van der Waals surface area (Å²) in [4.78, 5) is 26.2. The molecule has 2 aromatic carbocycles. The summed E-state index contributed by atoms with van der Waals surface area (Å²) in [6.07, 6.45) is 1.13. The number of sulfonamides is 1. The number of aryl methyl sites for hydroxylation is 1. The number of nitrogens with one attached hydrogen (secondary N) is 1.